The number of nitrogens with one attached hydrogen (secondary N) is 2. The molecule has 3 heterocycles. The van der Waals surface area contributed by atoms with Gasteiger partial charge in [-0.2, -0.15) is 0 Å². The highest BCUT2D eigenvalue weighted by Crippen LogP contribution is 2.25. The van der Waals surface area contributed by atoms with Gasteiger partial charge in [-0.3, -0.25) is 0 Å². The number of aliphatic hydroxyl groups excluding tert-OH is 1. The smallest absolute Gasteiger partial charge is 0.315 e. The minimum Gasteiger partial charge on any atom is -0.461 e. The number of aliphatic hydroxyl groups is 1. The Balaban J connectivity index is 1.47. The lowest BCUT2D eigenvalue weighted by Gasteiger charge is -2.10. The van der Waals surface area contributed by atoms with Gasteiger partial charge in [-0.05, 0) is 35.7 Å². The van der Waals surface area contributed by atoms with E-state index >= 15 is 0 Å². The van der Waals surface area contributed by atoms with Crippen molar-refractivity contribution in [2.45, 2.75) is 12.6 Å². The molecule has 120 valence electrons. The van der Waals surface area contributed by atoms with Crippen LogP contribution < -0.4 is 10.6 Å². The highest BCUT2D eigenvalue weighted by Gasteiger charge is 2.15. The molecule has 1 unspecified atom stereocenters. The molecule has 3 aromatic rings. The van der Waals surface area contributed by atoms with E-state index in [1.807, 2.05) is 17.5 Å². The summed E-state index contributed by atoms with van der Waals surface area (Å²) in [6, 6.07) is 10.4. The van der Waals surface area contributed by atoms with Gasteiger partial charge in [0.25, 0.3) is 0 Å². The van der Waals surface area contributed by atoms with Crippen LogP contribution in [-0.4, -0.2) is 17.7 Å². The van der Waals surface area contributed by atoms with Crippen molar-refractivity contribution in [2.75, 3.05) is 6.54 Å². The molecule has 0 bridgehead atoms. The molecular weight excluding hydrogens is 316 g/mol. The van der Waals surface area contributed by atoms with E-state index in [4.69, 9.17) is 8.83 Å². The Kier molecular flexibility index (Phi) is 4.80. The lowest BCUT2D eigenvalue weighted by Crippen LogP contribution is -2.37. The largest absolute Gasteiger partial charge is 0.461 e. The van der Waals surface area contributed by atoms with Crippen molar-refractivity contribution in [3.05, 3.63) is 58.7 Å². The number of urea groups is 1. The molecule has 0 saturated carbocycles. The maximum Gasteiger partial charge on any atom is 0.315 e. The molecule has 7 heteroatoms. The third-order valence-corrected chi connectivity index (χ3v) is 4.05. The van der Waals surface area contributed by atoms with E-state index in [2.05, 4.69) is 10.6 Å². The van der Waals surface area contributed by atoms with Gasteiger partial charge in [-0.1, -0.05) is 6.07 Å². The Morgan fingerprint density at radius 3 is 2.83 bits per heavy atom. The summed E-state index contributed by atoms with van der Waals surface area (Å²) in [4.78, 5) is 12.8. The van der Waals surface area contributed by atoms with Gasteiger partial charge in [0.2, 0.25) is 0 Å². The Bertz CT molecular complexity index is 734. The molecule has 3 N–H and O–H groups in total. The fourth-order valence-corrected chi connectivity index (χ4v) is 2.66. The van der Waals surface area contributed by atoms with Crippen LogP contribution in [0.5, 0.6) is 0 Å². The number of thiophene rings is 1. The highest BCUT2D eigenvalue weighted by molar-refractivity contribution is 7.09. The van der Waals surface area contributed by atoms with Gasteiger partial charge in [0, 0.05) is 4.88 Å². The van der Waals surface area contributed by atoms with Crippen LogP contribution in [0.1, 0.15) is 16.7 Å². The highest BCUT2D eigenvalue weighted by atomic mass is 32.1. The van der Waals surface area contributed by atoms with E-state index < -0.39 is 6.10 Å². The maximum atomic E-state index is 11.7. The summed E-state index contributed by atoms with van der Waals surface area (Å²) in [5, 5.41) is 17.3. The van der Waals surface area contributed by atoms with E-state index in [0.717, 1.165) is 4.88 Å². The third kappa shape index (κ3) is 4.02. The number of carbonyl (C=O) groups is 1. The second kappa shape index (κ2) is 7.17. The molecule has 3 rings (SSSR count). The molecule has 0 aliphatic carbocycles. The van der Waals surface area contributed by atoms with Crippen LogP contribution in [0.3, 0.4) is 0 Å². The number of furan rings is 2. The topological polar surface area (TPSA) is 87.6 Å². The van der Waals surface area contributed by atoms with Gasteiger partial charge < -0.3 is 24.6 Å². The standard InChI is InChI=1S/C16H16N2O4S/c19-12(10-18-16(20)17-9-11-3-2-8-23-11)13-5-6-15(22-13)14-4-1-7-21-14/h1-8,12,19H,9-10H2,(H2,17,18,20). The van der Waals surface area contributed by atoms with Crippen molar-refractivity contribution < 1.29 is 18.7 Å². The minimum absolute atomic E-state index is 0.0569. The van der Waals surface area contributed by atoms with E-state index in [0.29, 0.717) is 23.8 Å². The molecule has 0 aliphatic heterocycles. The normalized spacial score (nSPS) is 12.0. The zero-order chi connectivity index (χ0) is 16.1. The summed E-state index contributed by atoms with van der Waals surface area (Å²) in [6.07, 6.45) is 0.624. The Morgan fingerprint density at radius 1 is 1.17 bits per heavy atom. The van der Waals surface area contributed by atoms with Crippen LogP contribution >= 0.6 is 11.3 Å². The number of hydrogen-bond acceptors (Lipinski definition) is 5. The zero-order valence-electron chi connectivity index (χ0n) is 12.2. The number of carbonyl (C=O) groups excluding carboxylic acids is 1. The number of hydrogen-bond donors (Lipinski definition) is 3. The molecule has 0 fully saturated rings. The molecule has 3 aromatic heterocycles. The van der Waals surface area contributed by atoms with Gasteiger partial charge in [-0.25, -0.2) is 4.79 Å². The monoisotopic (exact) mass is 332 g/mol. The predicted octanol–water partition coefficient (Wildman–Crippen LogP) is 3.13. The molecule has 1 atom stereocenters. The fraction of sp³-hybridized carbons (Fsp3) is 0.188. The average Bonchev–Trinajstić information content (AvgIpc) is 3.31. The summed E-state index contributed by atoms with van der Waals surface area (Å²) in [7, 11) is 0. The fourth-order valence-electron chi connectivity index (χ4n) is 2.02. The van der Waals surface area contributed by atoms with Crippen LogP contribution in [0.15, 0.2) is 56.9 Å². The predicted molar refractivity (Wildman–Crippen MR) is 85.9 cm³/mol. The van der Waals surface area contributed by atoms with E-state index in [1.165, 1.54) is 0 Å². The molecular formula is C16H16N2O4S. The second-order valence-electron chi connectivity index (χ2n) is 4.84. The quantitative estimate of drug-likeness (QED) is 0.647. The zero-order valence-corrected chi connectivity index (χ0v) is 13.0. The van der Waals surface area contributed by atoms with Gasteiger partial charge in [0.1, 0.15) is 11.9 Å². The number of amides is 2. The SMILES string of the molecule is O=C(NCc1cccs1)NCC(O)c1ccc(-c2ccco2)o1. The van der Waals surface area contributed by atoms with Crippen LogP contribution in [0.2, 0.25) is 0 Å². The first-order valence-electron chi connectivity index (χ1n) is 7.08. The second-order valence-corrected chi connectivity index (χ2v) is 5.87. The average molecular weight is 332 g/mol. The van der Waals surface area contributed by atoms with Crippen LogP contribution in [0.4, 0.5) is 4.79 Å². The first kappa shape index (κ1) is 15.4. The lowest BCUT2D eigenvalue weighted by molar-refractivity contribution is 0.148. The number of rotatable bonds is 6. The Labute approximate surface area is 136 Å². The molecule has 0 spiro atoms. The van der Waals surface area contributed by atoms with Crippen LogP contribution in [0.25, 0.3) is 11.5 Å². The van der Waals surface area contributed by atoms with Crippen molar-refractivity contribution in [1.82, 2.24) is 10.6 Å². The van der Waals surface area contributed by atoms with Gasteiger partial charge in [0.15, 0.2) is 11.5 Å². The van der Waals surface area contributed by atoms with Gasteiger partial charge >= 0.3 is 6.03 Å². The maximum absolute atomic E-state index is 11.7. The first-order chi connectivity index (χ1) is 11.2. The van der Waals surface area contributed by atoms with Crippen LogP contribution in [0, 0.1) is 0 Å². The summed E-state index contributed by atoms with van der Waals surface area (Å²) >= 11 is 1.57. The molecule has 0 radical (unpaired) electrons. The van der Waals surface area contributed by atoms with Gasteiger partial charge in [-0.15, -0.1) is 11.3 Å². The summed E-state index contributed by atoms with van der Waals surface area (Å²) in [5.74, 6) is 1.49. The lowest BCUT2D eigenvalue weighted by atomic mass is 10.2. The van der Waals surface area contributed by atoms with Crippen molar-refractivity contribution in [3.8, 4) is 11.5 Å². The van der Waals surface area contributed by atoms with Crippen molar-refractivity contribution >= 4 is 17.4 Å². The molecule has 2 amide bonds. The van der Waals surface area contributed by atoms with E-state index in [-0.39, 0.29) is 12.6 Å². The van der Waals surface area contributed by atoms with Gasteiger partial charge in [0.05, 0.1) is 19.4 Å². The molecule has 0 aliphatic rings. The van der Waals surface area contributed by atoms with Crippen molar-refractivity contribution in [1.29, 1.82) is 0 Å². The molecule has 0 aromatic carbocycles. The van der Waals surface area contributed by atoms with E-state index in [9.17, 15) is 9.90 Å². The molecule has 6 nitrogen and oxygen atoms in total. The minimum atomic E-state index is -0.925. The Hall–Kier alpha value is -2.51. The van der Waals surface area contributed by atoms with Crippen molar-refractivity contribution in [2.24, 2.45) is 0 Å². The van der Waals surface area contributed by atoms with Crippen molar-refractivity contribution in [3.63, 3.8) is 0 Å². The Morgan fingerprint density at radius 2 is 2.09 bits per heavy atom. The molecule has 0 saturated heterocycles. The van der Waals surface area contributed by atoms with E-state index in [1.54, 1.807) is 41.9 Å². The van der Waals surface area contributed by atoms with Crippen LogP contribution in [-0.2, 0) is 6.54 Å². The first-order valence-corrected chi connectivity index (χ1v) is 7.96. The summed E-state index contributed by atoms with van der Waals surface area (Å²) in [6.45, 7) is 0.518. The molecule has 23 heavy (non-hydrogen) atoms. The summed E-state index contributed by atoms with van der Waals surface area (Å²) in [5.41, 5.74) is 0. The third-order valence-electron chi connectivity index (χ3n) is 3.18. The summed E-state index contributed by atoms with van der Waals surface area (Å²) < 4.78 is 10.8.